The van der Waals surface area contributed by atoms with Gasteiger partial charge in [-0.25, -0.2) is 0 Å². The van der Waals surface area contributed by atoms with Gasteiger partial charge in [0, 0.05) is 23.6 Å². The van der Waals surface area contributed by atoms with Crippen LogP contribution in [0.5, 0.6) is 0 Å². The first-order valence-corrected chi connectivity index (χ1v) is 8.96. The van der Waals surface area contributed by atoms with Gasteiger partial charge in [-0.05, 0) is 37.8 Å². The fourth-order valence-corrected chi connectivity index (χ4v) is 3.26. The van der Waals surface area contributed by atoms with Crippen LogP contribution in [-0.2, 0) is 4.79 Å². The van der Waals surface area contributed by atoms with E-state index in [9.17, 15) is 4.79 Å². The molecule has 3 rings (SSSR count). The molecule has 1 aromatic carbocycles. The minimum absolute atomic E-state index is 0.108. The van der Waals surface area contributed by atoms with Gasteiger partial charge in [0.25, 0.3) is 0 Å². The molecule has 24 heavy (non-hydrogen) atoms. The lowest BCUT2D eigenvalue weighted by Gasteiger charge is -2.33. The van der Waals surface area contributed by atoms with E-state index in [1.54, 1.807) is 12.1 Å². The van der Waals surface area contributed by atoms with Crippen molar-refractivity contribution < 1.29 is 9.32 Å². The summed E-state index contributed by atoms with van der Waals surface area (Å²) in [5, 5.41) is 4.71. The third-order valence-corrected chi connectivity index (χ3v) is 4.61. The summed E-state index contributed by atoms with van der Waals surface area (Å²) in [7, 11) is 0. The van der Waals surface area contributed by atoms with Gasteiger partial charge in [-0.1, -0.05) is 42.2 Å². The van der Waals surface area contributed by atoms with Crippen LogP contribution in [-0.4, -0.2) is 27.5 Å². The summed E-state index contributed by atoms with van der Waals surface area (Å²) < 4.78 is 5.49. The molecule has 1 aliphatic rings. The number of halogens is 1. The van der Waals surface area contributed by atoms with Gasteiger partial charge < -0.3 is 9.42 Å². The Bertz CT molecular complexity index is 701. The topological polar surface area (TPSA) is 59.2 Å². The third kappa shape index (κ3) is 3.78. The molecule has 2 heterocycles. The summed E-state index contributed by atoms with van der Waals surface area (Å²) in [6.07, 6.45) is 5.49. The van der Waals surface area contributed by atoms with E-state index in [0.29, 0.717) is 23.2 Å². The number of carbonyl (C=O) groups excluding carboxylic acids is 1. The van der Waals surface area contributed by atoms with Crippen molar-refractivity contribution in [3.05, 3.63) is 35.2 Å². The number of likely N-dealkylation sites (tertiary alicyclic amines) is 1. The van der Waals surface area contributed by atoms with Crippen molar-refractivity contribution in [2.75, 3.05) is 6.54 Å². The van der Waals surface area contributed by atoms with Crippen LogP contribution in [0.4, 0.5) is 0 Å². The van der Waals surface area contributed by atoms with Gasteiger partial charge in [0.05, 0.1) is 0 Å². The fraction of sp³-hybridized carbons (Fsp3) is 0.500. The van der Waals surface area contributed by atoms with Crippen LogP contribution in [0.2, 0.25) is 5.02 Å². The lowest BCUT2D eigenvalue weighted by atomic mass is 10.0. The van der Waals surface area contributed by atoms with Crippen LogP contribution >= 0.6 is 11.6 Å². The normalized spacial score (nSPS) is 17.9. The number of amides is 1. The zero-order valence-electron chi connectivity index (χ0n) is 13.9. The Morgan fingerprint density at radius 1 is 1.42 bits per heavy atom. The number of benzene rings is 1. The summed E-state index contributed by atoms with van der Waals surface area (Å²) in [4.78, 5) is 18.9. The van der Waals surface area contributed by atoms with Crippen molar-refractivity contribution in [2.24, 2.45) is 0 Å². The maximum atomic E-state index is 12.5. The van der Waals surface area contributed by atoms with Crippen LogP contribution in [0.1, 0.15) is 57.4 Å². The summed E-state index contributed by atoms with van der Waals surface area (Å²) in [5.41, 5.74) is 0.817. The molecule has 1 amide bonds. The number of piperidine rings is 1. The molecule has 0 aliphatic carbocycles. The summed E-state index contributed by atoms with van der Waals surface area (Å²) in [5.74, 6) is 1.22. The van der Waals surface area contributed by atoms with Crippen molar-refractivity contribution in [1.29, 1.82) is 0 Å². The zero-order valence-corrected chi connectivity index (χ0v) is 14.6. The Hall–Kier alpha value is -1.88. The molecule has 0 bridgehead atoms. The molecule has 5 nitrogen and oxygen atoms in total. The minimum atomic E-state index is -0.108. The van der Waals surface area contributed by atoms with Gasteiger partial charge in [-0.15, -0.1) is 0 Å². The molecule has 0 N–H and O–H groups in total. The van der Waals surface area contributed by atoms with Gasteiger partial charge in [0.1, 0.15) is 6.04 Å². The molecule has 1 atom stereocenters. The average molecular weight is 348 g/mol. The van der Waals surface area contributed by atoms with Crippen LogP contribution in [0.3, 0.4) is 0 Å². The average Bonchev–Trinajstić information content (AvgIpc) is 3.09. The van der Waals surface area contributed by atoms with E-state index in [1.807, 2.05) is 17.0 Å². The van der Waals surface area contributed by atoms with E-state index in [2.05, 4.69) is 17.1 Å². The second-order valence-corrected chi connectivity index (χ2v) is 6.61. The van der Waals surface area contributed by atoms with Crippen molar-refractivity contribution in [2.45, 2.75) is 51.5 Å². The van der Waals surface area contributed by atoms with Crippen molar-refractivity contribution in [3.8, 4) is 11.4 Å². The molecule has 0 saturated carbocycles. The highest BCUT2D eigenvalue weighted by Gasteiger charge is 2.31. The Kier molecular flexibility index (Phi) is 5.51. The van der Waals surface area contributed by atoms with E-state index >= 15 is 0 Å². The first kappa shape index (κ1) is 17.0. The Balaban J connectivity index is 1.80. The second-order valence-electron chi connectivity index (χ2n) is 6.17. The van der Waals surface area contributed by atoms with Gasteiger partial charge in [0.2, 0.25) is 17.6 Å². The molecule has 0 spiro atoms. The van der Waals surface area contributed by atoms with Gasteiger partial charge in [-0.3, -0.25) is 4.79 Å². The summed E-state index contributed by atoms with van der Waals surface area (Å²) >= 11 is 6.02. The fourth-order valence-electron chi connectivity index (χ4n) is 3.07. The van der Waals surface area contributed by atoms with E-state index in [1.165, 1.54) is 0 Å². The van der Waals surface area contributed by atoms with Crippen molar-refractivity contribution >= 4 is 17.5 Å². The highest BCUT2D eigenvalue weighted by molar-refractivity contribution is 6.30. The van der Waals surface area contributed by atoms with Crippen LogP contribution in [0.25, 0.3) is 11.4 Å². The number of aromatic nitrogens is 2. The SMILES string of the molecule is CCCCC(=O)N1CCCCC1c1nc(-c2cccc(Cl)c2)no1. The van der Waals surface area contributed by atoms with E-state index < -0.39 is 0 Å². The minimum Gasteiger partial charge on any atom is -0.337 e. The lowest BCUT2D eigenvalue weighted by Crippen LogP contribution is -2.38. The van der Waals surface area contributed by atoms with Gasteiger partial charge in [0.15, 0.2) is 0 Å². The van der Waals surface area contributed by atoms with E-state index in [0.717, 1.165) is 44.2 Å². The zero-order chi connectivity index (χ0) is 16.9. The third-order valence-electron chi connectivity index (χ3n) is 4.38. The monoisotopic (exact) mass is 347 g/mol. The molecule has 1 aliphatic heterocycles. The molecule has 6 heteroatoms. The highest BCUT2D eigenvalue weighted by Crippen LogP contribution is 2.32. The molecule has 0 radical (unpaired) electrons. The molecule has 128 valence electrons. The van der Waals surface area contributed by atoms with Crippen LogP contribution in [0.15, 0.2) is 28.8 Å². The molecular weight excluding hydrogens is 326 g/mol. The molecular formula is C18H22ClN3O2. The molecule has 1 fully saturated rings. The lowest BCUT2D eigenvalue weighted by molar-refractivity contribution is -0.135. The highest BCUT2D eigenvalue weighted by atomic mass is 35.5. The van der Waals surface area contributed by atoms with E-state index in [-0.39, 0.29) is 11.9 Å². The van der Waals surface area contributed by atoms with Gasteiger partial charge in [-0.2, -0.15) is 4.98 Å². The molecule has 1 saturated heterocycles. The largest absolute Gasteiger partial charge is 0.337 e. The smallest absolute Gasteiger partial charge is 0.249 e. The number of unbranched alkanes of at least 4 members (excludes halogenated alkanes) is 1. The standard InChI is InChI=1S/C18H22ClN3O2/c1-2-3-10-16(23)22-11-5-4-9-15(22)18-20-17(21-24-18)13-7-6-8-14(19)12-13/h6-8,12,15H,2-5,9-11H2,1H3. The Morgan fingerprint density at radius 3 is 3.08 bits per heavy atom. The Labute approximate surface area is 147 Å². The number of carbonyl (C=O) groups is 1. The number of hydrogen-bond donors (Lipinski definition) is 0. The molecule has 2 aromatic rings. The van der Waals surface area contributed by atoms with Crippen molar-refractivity contribution in [1.82, 2.24) is 15.0 Å². The second kappa shape index (κ2) is 7.79. The Morgan fingerprint density at radius 2 is 2.29 bits per heavy atom. The first-order chi connectivity index (χ1) is 11.7. The number of rotatable bonds is 5. The quantitative estimate of drug-likeness (QED) is 0.790. The summed E-state index contributed by atoms with van der Waals surface area (Å²) in [6, 6.07) is 7.26. The van der Waals surface area contributed by atoms with Crippen LogP contribution in [0, 0.1) is 0 Å². The first-order valence-electron chi connectivity index (χ1n) is 8.58. The predicted octanol–water partition coefficient (Wildman–Crippen LogP) is 4.63. The number of nitrogens with zero attached hydrogens (tertiary/aromatic N) is 3. The maximum Gasteiger partial charge on any atom is 0.249 e. The summed E-state index contributed by atoms with van der Waals surface area (Å²) in [6.45, 7) is 2.86. The predicted molar refractivity (Wildman–Crippen MR) is 92.6 cm³/mol. The molecule has 1 aromatic heterocycles. The van der Waals surface area contributed by atoms with Gasteiger partial charge >= 0.3 is 0 Å². The maximum absolute atomic E-state index is 12.5. The van der Waals surface area contributed by atoms with Crippen molar-refractivity contribution in [3.63, 3.8) is 0 Å². The number of hydrogen-bond acceptors (Lipinski definition) is 4. The van der Waals surface area contributed by atoms with Crippen LogP contribution < -0.4 is 0 Å². The molecule has 1 unspecified atom stereocenters. The van der Waals surface area contributed by atoms with E-state index in [4.69, 9.17) is 16.1 Å².